The van der Waals surface area contributed by atoms with Gasteiger partial charge in [0.15, 0.2) is 0 Å². The summed E-state index contributed by atoms with van der Waals surface area (Å²) in [5.74, 6) is -5.09. The van der Waals surface area contributed by atoms with Gasteiger partial charge >= 0.3 is 11.9 Å². The van der Waals surface area contributed by atoms with E-state index in [1.807, 2.05) is 24.3 Å². The van der Waals surface area contributed by atoms with Crippen molar-refractivity contribution in [1.82, 2.24) is 20.9 Å². The van der Waals surface area contributed by atoms with Gasteiger partial charge in [0.2, 0.25) is 17.7 Å². The van der Waals surface area contributed by atoms with Crippen LogP contribution < -0.4 is 21.7 Å². The summed E-state index contributed by atoms with van der Waals surface area (Å²) in [4.78, 5) is 64.8. The van der Waals surface area contributed by atoms with E-state index in [9.17, 15) is 34.2 Å². The molecule has 0 saturated heterocycles. The van der Waals surface area contributed by atoms with Gasteiger partial charge in [0, 0.05) is 23.5 Å². The number of carboxylic acid groups (broad SMARTS) is 2. The number of aromatic nitrogens is 1. The van der Waals surface area contributed by atoms with Crippen molar-refractivity contribution in [1.29, 1.82) is 0 Å². The second-order valence-electron chi connectivity index (χ2n) is 9.15. The fourth-order valence-electron chi connectivity index (χ4n) is 4.00. The standard InChI is InChI=1S/C27H31N5O7/c1-15(27(38)39)30-25(36)21(12-17-14-29-20-10-6-5-9-18(17)20)32-26(37)22(13-23(33)34)31-24(35)19(28)11-16-7-3-2-4-8-16/h2-10,14-15,19,21-22,29H,11-13,28H2,1H3,(H,30,36)(H,31,35)(H,32,37)(H,33,34)(H,38,39). The van der Waals surface area contributed by atoms with Crippen LogP contribution in [0.3, 0.4) is 0 Å². The number of para-hydroxylation sites is 1. The highest BCUT2D eigenvalue weighted by Crippen LogP contribution is 2.19. The van der Waals surface area contributed by atoms with Gasteiger partial charge in [-0.2, -0.15) is 0 Å². The quantitative estimate of drug-likeness (QED) is 0.161. The van der Waals surface area contributed by atoms with E-state index in [-0.39, 0.29) is 12.8 Å². The molecular weight excluding hydrogens is 506 g/mol. The number of aromatic amines is 1. The molecule has 39 heavy (non-hydrogen) atoms. The molecular formula is C27H31N5O7. The van der Waals surface area contributed by atoms with E-state index in [0.29, 0.717) is 5.56 Å². The first-order valence-corrected chi connectivity index (χ1v) is 12.3. The zero-order chi connectivity index (χ0) is 28.5. The maximum absolute atomic E-state index is 13.2. The predicted molar refractivity (Wildman–Crippen MR) is 141 cm³/mol. The van der Waals surface area contributed by atoms with Crippen molar-refractivity contribution >= 4 is 40.6 Å². The number of nitrogens with two attached hydrogens (primary N) is 1. The molecule has 3 amide bonds. The second kappa shape index (κ2) is 13.2. The van der Waals surface area contributed by atoms with Crippen LogP contribution in [0.2, 0.25) is 0 Å². The predicted octanol–water partition coefficient (Wildman–Crippen LogP) is 0.314. The number of hydrogen-bond acceptors (Lipinski definition) is 6. The van der Waals surface area contributed by atoms with E-state index >= 15 is 0 Å². The Hall–Kier alpha value is -4.71. The molecule has 0 spiro atoms. The highest BCUT2D eigenvalue weighted by Gasteiger charge is 2.31. The number of hydrogen-bond donors (Lipinski definition) is 7. The lowest BCUT2D eigenvalue weighted by Crippen LogP contribution is -2.58. The summed E-state index contributed by atoms with van der Waals surface area (Å²) in [6.07, 6.45) is 1.03. The van der Waals surface area contributed by atoms with Gasteiger partial charge in [0.05, 0.1) is 12.5 Å². The molecule has 1 heterocycles. The van der Waals surface area contributed by atoms with Crippen LogP contribution >= 0.6 is 0 Å². The van der Waals surface area contributed by atoms with Gasteiger partial charge in [-0.1, -0.05) is 48.5 Å². The molecule has 12 heteroatoms. The number of carbonyl (C=O) groups excluding carboxylic acids is 3. The zero-order valence-electron chi connectivity index (χ0n) is 21.2. The van der Waals surface area contributed by atoms with Crippen molar-refractivity contribution in [2.24, 2.45) is 5.73 Å². The lowest BCUT2D eigenvalue weighted by Gasteiger charge is -2.24. The Morgan fingerprint density at radius 1 is 0.821 bits per heavy atom. The number of carboxylic acids is 2. The van der Waals surface area contributed by atoms with Crippen LogP contribution in [0.25, 0.3) is 10.9 Å². The number of fused-ring (bicyclic) bond motifs is 1. The minimum absolute atomic E-state index is 0.0326. The third-order valence-corrected chi connectivity index (χ3v) is 6.11. The van der Waals surface area contributed by atoms with Gasteiger partial charge in [-0.15, -0.1) is 0 Å². The molecule has 4 atom stereocenters. The summed E-state index contributed by atoms with van der Waals surface area (Å²) in [6.45, 7) is 1.27. The number of H-pyrrole nitrogens is 1. The van der Waals surface area contributed by atoms with Gasteiger partial charge in [-0.05, 0) is 30.5 Å². The molecule has 0 aliphatic heterocycles. The SMILES string of the molecule is CC(NC(=O)C(Cc1c[nH]c2ccccc12)NC(=O)C(CC(=O)O)NC(=O)C(N)Cc1ccccc1)C(=O)O. The third kappa shape index (κ3) is 8.14. The van der Waals surface area contributed by atoms with E-state index in [4.69, 9.17) is 5.73 Å². The lowest BCUT2D eigenvalue weighted by atomic mass is 10.0. The third-order valence-electron chi connectivity index (χ3n) is 6.11. The van der Waals surface area contributed by atoms with Crippen molar-refractivity contribution in [3.05, 3.63) is 71.9 Å². The molecule has 8 N–H and O–H groups in total. The molecule has 3 rings (SSSR count). The van der Waals surface area contributed by atoms with Crippen LogP contribution in [0.5, 0.6) is 0 Å². The van der Waals surface area contributed by atoms with E-state index in [1.54, 1.807) is 36.5 Å². The first-order valence-electron chi connectivity index (χ1n) is 12.3. The topological polar surface area (TPSA) is 204 Å². The van der Waals surface area contributed by atoms with Crippen LogP contribution in [0.15, 0.2) is 60.8 Å². The van der Waals surface area contributed by atoms with Gasteiger partial charge in [-0.3, -0.25) is 24.0 Å². The Kier molecular flexibility index (Phi) is 9.76. The number of carbonyl (C=O) groups is 5. The molecule has 4 unspecified atom stereocenters. The number of aliphatic carboxylic acids is 2. The molecule has 0 bridgehead atoms. The van der Waals surface area contributed by atoms with Crippen LogP contribution in [0, 0.1) is 0 Å². The van der Waals surface area contributed by atoms with Gasteiger partial charge in [0.1, 0.15) is 18.1 Å². The zero-order valence-corrected chi connectivity index (χ0v) is 21.2. The fraction of sp³-hybridized carbons (Fsp3) is 0.296. The Labute approximate surface area is 224 Å². The lowest BCUT2D eigenvalue weighted by molar-refractivity contribution is -0.143. The monoisotopic (exact) mass is 537 g/mol. The molecule has 0 saturated carbocycles. The summed E-state index contributed by atoms with van der Waals surface area (Å²) in [5.41, 5.74) is 8.23. The highest BCUT2D eigenvalue weighted by atomic mass is 16.4. The number of nitrogens with one attached hydrogen (secondary N) is 4. The van der Waals surface area contributed by atoms with Gasteiger partial charge < -0.3 is 36.9 Å². The minimum atomic E-state index is -1.54. The molecule has 2 aromatic carbocycles. The van der Waals surface area contributed by atoms with Crippen molar-refractivity contribution in [2.75, 3.05) is 0 Å². The van der Waals surface area contributed by atoms with Crippen molar-refractivity contribution in [3.8, 4) is 0 Å². The van der Waals surface area contributed by atoms with E-state index < -0.39 is 60.2 Å². The molecule has 1 aromatic heterocycles. The number of benzene rings is 2. The number of amides is 3. The van der Waals surface area contributed by atoms with Crippen molar-refractivity contribution in [3.63, 3.8) is 0 Å². The smallest absolute Gasteiger partial charge is 0.325 e. The normalized spacial score (nSPS) is 14.0. The largest absolute Gasteiger partial charge is 0.481 e. The average molecular weight is 538 g/mol. The van der Waals surface area contributed by atoms with Gasteiger partial charge in [0.25, 0.3) is 0 Å². The molecule has 12 nitrogen and oxygen atoms in total. The van der Waals surface area contributed by atoms with Crippen LogP contribution in [0.4, 0.5) is 0 Å². The highest BCUT2D eigenvalue weighted by molar-refractivity contribution is 5.96. The Morgan fingerprint density at radius 3 is 2.10 bits per heavy atom. The van der Waals surface area contributed by atoms with E-state index in [1.165, 1.54) is 6.92 Å². The van der Waals surface area contributed by atoms with E-state index in [2.05, 4.69) is 20.9 Å². The minimum Gasteiger partial charge on any atom is -0.481 e. The summed E-state index contributed by atoms with van der Waals surface area (Å²) >= 11 is 0. The maximum atomic E-state index is 13.2. The molecule has 0 aliphatic carbocycles. The molecule has 206 valence electrons. The fourth-order valence-corrected chi connectivity index (χ4v) is 4.00. The maximum Gasteiger partial charge on any atom is 0.325 e. The van der Waals surface area contributed by atoms with Crippen LogP contribution in [-0.4, -0.2) is 69.0 Å². The van der Waals surface area contributed by atoms with Crippen molar-refractivity contribution in [2.45, 2.75) is 50.4 Å². The molecule has 0 radical (unpaired) electrons. The molecule has 0 fully saturated rings. The van der Waals surface area contributed by atoms with Gasteiger partial charge in [-0.25, -0.2) is 0 Å². The second-order valence-corrected chi connectivity index (χ2v) is 9.15. The summed E-state index contributed by atoms with van der Waals surface area (Å²) in [5, 5.41) is 26.5. The number of rotatable bonds is 13. The average Bonchev–Trinajstić information content (AvgIpc) is 3.30. The first kappa shape index (κ1) is 28.9. The first-order chi connectivity index (χ1) is 18.5. The summed E-state index contributed by atoms with van der Waals surface area (Å²) < 4.78 is 0. The van der Waals surface area contributed by atoms with E-state index in [0.717, 1.165) is 16.5 Å². The molecule has 3 aromatic rings. The van der Waals surface area contributed by atoms with Crippen molar-refractivity contribution < 1.29 is 34.2 Å². The summed E-state index contributed by atoms with van der Waals surface area (Å²) in [6, 6.07) is 11.1. The van der Waals surface area contributed by atoms with Crippen LogP contribution in [-0.2, 0) is 36.8 Å². The Balaban J connectivity index is 1.79. The summed E-state index contributed by atoms with van der Waals surface area (Å²) in [7, 11) is 0. The van der Waals surface area contributed by atoms with Crippen LogP contribution in [0.1, 0.15) is 24.5 Å². The Bertz CT molecular complexity index is 1340. The molecule has 0 aliphatic rings. The Morgan fingerprint density at radius 2 is 1.44 bits per heavy atom.